The van der Waals surface area contributed by atoms with Crippen molar-refractivity contribution in [2.45, 2.75) is 51.2 Å². The normalized spacial score (nSPS) is 22.4. The lowest BCUT2D eigenvalue weighted by Crippen LogP contribution is -2.58. The summed E-state index contributed by atoms with van der Waals surface area (Å²) in [6, 6.07) is 5.11. The van der Waals surface area contributed by atoms with Crippen molar-refractivity contribution in [1.82, 2.24) is 15.5 Å². The number of benzene rings is 1. The van der Waals surface area contributed by atoms with Gasteiger partial charge in [0.05, 0.1) is 5.56 Å². The molecule has 0 saturated carbocycles. The largest absolute Gasteiger partial charge is 0.385 e. The molecule has 1 aromatic carbocycles. The molecule has 1 saturated heterocycles. The number of amides is 3. The highest BCUT2D eigenvalue weighted by Gasteiger charge is 2.41. The molecule has 2 atom stereocenters. The van der Waals surface area contributed by atoms with E-state index in [0.717, 1.165) is 17.7 Å². The Balaban J connectivity index is 1.68. The third kappa shape index (κ3) is 4.70. The van der Waals surface area contributed by atoms with Gasteiger partial charge in [-0.15, -0.1) is 0 Å². The Kier molecular flexibility index (Phi) is 6.42. The van der Waals surface area contributed by atoms with Crippen LogP contribution in [-0.2, 0) is 14.3 Å². The van der Waals surface area contributed by atoms with E-state index in [-0.39, 0.29) is 24.1 Å². The molecule has 8 nitrogen and oxygen atoms in total. The van der Waals surface area contributed by atoms with Gasteiger partial charge in [-0.1, -0.05) is 6.07 Å². The third-order valence-corrected chi connectivity index (χ3v) is 5.68. The number of fused-ring (bicyclic) bond motifs is 1. The van der Waals surface area contributed by atoms with E-state index in [0.29, 0.717) is 38.1 Å². The van der Waals surface area contributed by atoms with Gasteiger partial charge in [0.15, 0.2) is 0 Å². The molecule has 3 amide bonds. The fraction of sp³-hybridized carbons (Fsp3) is 0.571. The van der Waals surface area contributed by atoms with E-state index in [2.05, 4.69) is 16.0 Å². The van der Waals surface area contributed by atoms with Crippen molar-refractivity contribution in [1.29, 1.82) is 0 Å². The lowest BCUT2D eigenvalue weighted by Gasteiger charge is -2.40. The Bertz CT molecular complexity index is 797. The van der Waals surface area contributed by atoms with E-state index in [4.69, 9.17) is 4.74 Å². The van der Waals surface area contributed by atoms with Crippen LogP contribution in [-0.4, -0.2) is 61.1 Å². The summed E-state index contributed by atoms with van der Waals surface area (Å²) in [4.78, 5) is 39.4. The number of likely N-dealkylation sites (tertiary alicyclic amines) is 1. The number of nitrogens with zero attached hydrogens (tertiary/aromatic N) is 1. The van der Waals surface area contributed by atoms with Gasteiger partial charge in [-0.25, -0.2) is 0 Å². The number of hydrogen-bond donors (Lipinski definition) is 3. The number of ether oxygens (including phenoxy) is 1. The fourth-order valence-corrected chi connectivity index (χ4v) is 3.94. The van der Waals surface area contributed by atoms with Crippen LogP contribution in [0, 0.1) is 6.92 Å². The van der Waals surface area contributed by atoms with E-state index < -0.39 is 11.7 Å². The molecule has 2 aliphatic heterocycles. The second-order valence-corrected chi connectivity index (χ2v) is 7.86. The van der Waals surface area contributed by atoms with Crippen molar-refractivity contribution in [2.75, 3.05) is 32.1 Å². The van der Waals surface area contributed by atoms with Gasteiger partial charge in [-0.3, -0.25) is 14.4 Å². The number of carbonyl (C=O) groups excluding carboxylic acids is 3. The number of carbonyl (C=O) groups is 3. The number of hydrogen-bond acceptors (Lipinski definition) is 5. The Morgan fingerprint density at radius 1 is 1.31 bits per heavy atom. The number of nitrogens with one attached hydrogen (secondary N) is 3. The highest BCUT2D eigenvalue weighted by atomic mass is 16.5. The summed E-state index contributed by atoms with van der Waals surface area (Å²) in [6.07, 6.45) is 1.99. The fourth-order valence-electron chi connectivity index (χ4n) is 3.94. The summed E-state index contributed by atoms with van der Waals surface area (Å²) >= 11 is 0. The minimum absolute atomic E-state index is 0.0764. The molecule has 1 spiro atoms. The molecule has 1 aromatic rings. The summed E-state index contributed by atoms with van der Waals surface area (Å²) in [5.74, 6) is -0.386. The molecule has 2 aliphatic rings. The second-order valence-electron chi connectivity index (χ2n) is 7.86. The first kappa shape index (κ1) is 21.1. The van der Waals surface area contributed by atoms with Crippen molar-refractivity contribution in [3.05, 3.63) is 29.3 Å². The Hall–Kier alpha value is -2.61. The predicted octanol–water partition coefficient (Wildman–Crippen LogP) is 1.40. The molecule has 158 valence electrons. The van der Waals surface area contributed by atoms with Gasteiger partial charge in [0.2, 0.25) is 11.8 Å². The van der Waals surface area contributed by atoms with Crippen molar-refractivity contribution in [3.8, 4) is 0 Å². The molecule has 3 N–H and O–H groups in total. The van der Waals surface area contributed by atoms with Crippen LogP contribution in [0.2, 0.25) is 0 Å². The lowest BCUT2D eigenvalue weighted by atomic mass is 9.94. The maximum Gasteiger partial charge on any atom is 0.255 e. The Morgan fingerprint density at radius 2 is 2.10 bits per heavy atom. The monoisotopic (exact) mass is 402 g/mol. The minimum atomic E-state index is -0.684. The Morgan fingerprint density at radius 3 is 2.86 bits per heavy atom. The summed E-state index contributed by atoms with van der Waals surface area (Å²) in [7, 11) is 1.62. The molecular formula is C21H30N4O4. The molecule has 8 heteroatoms. The van der Waals surface area contributed by atoms with Crippen LogP contribution in [0.15, 0.2) is 18.2 Å². The molecule has 3 rings (SSSR count). The maximum absolute atomic E-state index is 12.7. The zero-order valence-electron chi connectivity index (χ0n) is 17.3. The van der Waals surface area contributed by atoms with Gasteiger partial charge in [-0.2, -0.15) is 0 Å². The smallest absolute Gasteiger partial charge is 0.255 e. The lowest BCUT2D eigenvalue weighted by molar-refractivity contribution is -0.139. The van der Waals surface area contributed by atoms with Gasteiger partial charge in [0.1, 0.15) is 11.7 Å². The van der Waals surface area contributed by atoms with Crippen molar-refractivity contribution >= 4 is 23.4 Å². The first-order chi connectivity index (χ1) is 13.8. The number of aryl methyl sites for hydroxylation is 1. The van der Waals surface area contributed by atoms with Crippen LogP contribution in [0.25, 0.3) is 0 Å². The van der Waals surface area contributed by atoms with E-state index in [9.17, 15) is 14.4 Å². The first-order valence-corrected chi connectivity index (χ1v) is 10.1. The molecule has 2 heterocycles. The third-order valence-electron chi connectivity index (χ3n) is 5.68. The highest BCUT2D eigenvalue weighted by Crippen LogP contribution is 2.32. The van der Waals surface area contributed by atoms with Crippen molar-refractivity contribution < 1.29 is 19.1 Å². The van der Waals surface area contributed by atoms with Gasteiger partial charge >= 0.3 is 0 Å². The van der Waals surface area contributed by atoms with Crippen LogP contribution in [0.4, 0.5) is 5.69 Å². The predicted molar refractivity (Wildman–Crippen MR) is 110 cm³/mol. The van der Waals surface area contributed by atoms with E-state index >= 15 is 0 Å². The Labute approximate surface area is 171 Å². The van der Waals surface area contributed by atoms with Crippen LogP contribution in [0.3, 0.4) is 0 Å². The summed E-state index contributed by atoms with van der Waals surface area (Å²) in [5, 5.41) is 9.37. The molecule has 0 aliphatic carbocycles. The molecule has 0 bridgehead atoms. The van der Waals surface area contributed by atoms with Crippen LogP contribution in [0.5, 0.6) is 0 Å². The minimum Gasteiger partial charge on any atom is -0.385 e. The van der Waals surface area contributed by atoms with Gasteiger partial charge in [0.25, 0.3) is 5.91 Å². The van der Waals surface area contributed by atoms with Crippen molar-refractivity contribution in [3.63, 3.8) is 0 Å². The molecule has 29 heavy (non-hydrogen) atoms. The van der Waals surface area contributed by atoms with Crippen LogP contribution >= 0.6 is 0 Å². The average Bonchev–Trinajstić information content (AvgIpc) is 2.83. The van der Waals surface area contributed by atoms with Crippen LogP contribution in [0.1, 0.15) is 48.5 Å². The van der Waals surface area contributed by atoms with Crippen LogP contribution < -0.4 is 16.0 Å². The number of rotatable bonds is 6. The summed E-state index contributed by atoms with van der Waals surface area (Å²) in [5.41, 5.74) is 1.78. The quantitative estimate of drug-likeness (QED) is 0.625. The van der Waals surface area contributed by atoms with E-state index in [1.807, 2.05) is 25.1 Å². The van der Waals surface area contributed by atoms with E-state index in [1.54, 1.807) is 18.9 Å². The molecule has 0 aromatic heterocycles. The zero-order chi connectivity index (χ0) is 21.0. The summed E-state index contributed by atoms with van der Waals surface area (Å²) < 4.78 is 4.98. The second kappa shape index (κ2) is 8.82. The molecular weight excluding hydrogens is 372 g/mol. The molecule has 0 unspecified atom stereocenters. The van der Waals surface area contributed by atoms with Gasteiger partial charge in [0, 0.05) is 45.3 Å². The average molecular weight is 402 g/mol. The van der Waals surface area contributed by atoms with Crippen molar-refractivity contribution in [2.24, 2.45) is 0 Å². The highest BCUT2D eigenvalue weighted by molar-refractivity contribution is 6.02. The summed E-state index contributed by atoms with van der Waals surface area (Å²) in [6.45, 7) is 5.20. The zero-order valence-corrected chi connectivity index (χ0v) is 17.3. The van der Waals surface area contributed by atoms with Gasteiger partial charge < -0.3 is 25.6 Å². The molecule has 1 fully saturated rings. The number of anilines is 1. The maximum atomic E-state index is 12.7. The first-order valence-electron chi connectivity index (χ1n) is 10.1. The van der Waals surface area contributed by atoms with Gasteiger partial charge in [-0.05, 0) is 44.4 Å². The topological polar surface area (TPSA) is 99.8 Å². The molecule has 0 radical (unpaired) electrons. The van der Waals surface area contributed by atoms with E-state index in [1.165, 1.54) is 0 Å². The standard InChI is InChI=1S/C21H30N4O4/c1-14-5-6-16-17(13-14)23-21(24-20(16)28)8-7-18(26)25(11-9-21)15(2)19(27)22-10-4-12-29-3/h5-6,13,15,23H,4,7-12H2,1-3H3,(H,22,27)(H,24,28)/t15-,21-/m0/s1. The SMILES string of the molecule is COCCCNC(=O)[C@H](C)N1CC[C@]2(CCC1=O)NC(=O)c1ccc(C)cc1N2. The number of methoxy groups -OCH3 is 1.